The van der Waals surface area contributed by atoms with Crippen LogP contribution in [0.1, 0.15) is 19.8 Å². The molecule has 0 amide bonds. The van der Waals surface area contributed by atoms with E-state index in [0.717, 1.165) is 0 Å². The fraction of sp³-hybridized carbons (Fsp3) is 0.889. The van der Waals surface area contributed by atoms with Crippen molar-refractivity contribution in [2.45, 2.75) is 25.9 Å². The fourth-order valence-electron chi connectivity index (χ4n) is 0.890. The molecule has 0 aromatic rings. The number of ether oxygens (including phenoxy) is 2. The van der Waals surface area contributed by atoms with Gasteiger partial charge in [0.25, 0.3) is 0 Å². The van der Waals surface area contributed by atoms with Crippen LogP contribution >= 0.6 is 0 Å². The molecule has 0 spiro atoms. The maximum Gasteiger partial charge on any atom is 0.305 e. The zero-order valence-electron chi connectivity index (χ0n) is 8.44. The molecule has 0 fully saturated rings. The maximum atomic E-state index is 10.9. The van der Waals surface area contributed by atoms with Crippen LogP contribution in [0.25, 0.3) is 0 Å². The Morgan fingerprint density at radius 3 is 2.50 bits per heavy atom. The highest BCUT2D eigenvalue weighted by Crippen LogP contribution is 2.02. The lowest BCUT2D eigenvalue weighted by Gasteiger charge is -2.11. The van der Waals surface area contributed by atoms with E-state index in [9.17, 15) is 4.79 Å². The number of carbonyl (C=O) groups excluding carboxylic acids is 1. The predicted molar refractivity (Wildman–Crippen MR) is 49.8 cm³/mol. The average molecular weight is 206 g/mol. The molecule has 0 rings (SSSR count). The Morgan fingerprint density at radius 1 is 1.29 bits per heavy atom. The van der Waals surface area contributed by atoms with E-state index < -0.39 is 0 Å². The second kappa shape index (κ2) is 8.93. The predicted octanol–water partition coefficient (Wildman–Crippen LogP) is -0.300. The third-order valence-electron chi connectivity index (χ3n) is 1.60. The second-order valence-electron chi connectivity index (χ2n) is 2.89. The molecule has 0 aliphatic carbocycles. The molecule has 0 aliphatic heterocycles. The maximum absolute atomic E-state index is 10.9. The summed E-state index contributed by atoms with van der Waals surface area (Å²) in [4.78, 5) is 10.9. The SMILES string of the molecule is CC(CCC(=O)OCCO)OCCO. The molecule has 84 valence electrons. The summed E-state index contributed by atoms with van der Waals surface area (Å²) < 4.78 is 9.79. The number of esters is 1. The number of hydrogen-bond acceptors (Lipinski definition) is 5. The molecule has 5 heteroatoms. The van der Waals surface area contributed by atoms with E-state index in [-0.39, 0.29) is 44.9 Å². The van der Waals surface area contributed by atoms with Gasteiger partial charge in [0.1, 0.15) is 6.61 Å². The first kappa shape index (κ1) is 13.4. The number of rotatable bonds is 8. The topological polar surface area (TPSA) is 76.0 Å². The van der Waals surface area contributed by atoms with Crippen LogP contribution in [0.15, 0.2) is 0 Å². The number of hydrogen-bond donors (Lipinski definition) is 2. The first-order valence-electron chi connectivity index (χ1n) is 4.69. The van der Waals surface area contributed by atoms with Crippen LogP contribution in [0.4, 0.5) is 0 Å². The van der Waals surface area contributed by atoms with Crippen LogP contribution in [0.2, 0.25) is 0 Å². The lowest BCUT2D eigenvalue weighted by Crippen LogP contribution is -2.15. The van der Waals surface area contributed by atoms with Crippen molar-refractivity contribution < 1.29 is 24.5 Å². The van der Waals surface area contributed by atoms with Gasteiger partial charge in [0.15, 0.2) is 0 Å². The molecule has 0 bridgehead atoms. The van der Waals surface area contributed by atoms with E-state index in [2.05, 4.69) is 4.74 Å². The molecule has 2 N–H and O–H groups in total. The highest BCUT2D eigenvalue weighted by Gasteiger charge is 2.07. The Morgan fingerprint density at radius 2 is 1.93 bits per heavy atom. The third-order valence-corrected chi connectivity index (χ3v) is 1.60. The van der Waals surface area contributed by atoms with Gasteiger partial charge in [0.2, 0.25) is 0 Å². The highest BCUT2D eigenvalue weighted by atomic mass is 16.5. The quantitative estimate of drug-likeness (QED) is 0.533. The fourth-order valence-corrected chi connectivity index (χ4v) is 0.890. The van der Waals surface area contributed by atoms with Gasteiger partial charge in [-0.1, -0.05) is 0 Å². The summed E-state index contributed by atoms with van der Waals surface area (Å²) in [7, 11) is 0. The first-order chi connectivity index (χ1) is 6.70. The first-order valence-corrected chi connectivity index (χ1v) is 4.69. The minimum absolute atomic E-state index is 0.0146. The summed E-state index contributed by atoms with van der Waals surface area (Å²) in [6.45, 7) is 1.99. The molecule has 1 atom stereocenters. The van der Waals surface area contributed by atoms with E-state index in [1.54, 1.807) is 0 Å². The molecule has 1 unspecified atom stereocenters. The lowest BCUT2D eigenvalue weighted by atomic mass is 10.2. The Labute approximate surface area is 83.6 Å². The van der Waals surface area contributed by atoms with Crippen molar-refractivity contribution in [3.63, 3.8) is 0 Å². The molecule has 0 radical (unpaired) electrons. The van der Waals surface area contributed by atoms with Crippen molar-refractivity contribution in [1.29, 1.82) is 0 Å². The van der Waals surface area contributed by atoms with Crippen LogP contribution in [-0.4, -0.2) is 48.7 Å². The number of aliphatic hydroxyl groups is 2. The van der Waals surface area contributed by atoms with Crippen molar-refractivity contribution in [1.82, 2.24) is 0 Å². The van der Waals surface area contributed by atoms with Gasteiger partial charge in [-0.05, 0) is 13.3 Å². The summed E-state index contributed by atoms with van der Waals surface area (Å²) >= 11 is 0. The molecule has 14 heavy (non-hydrogen) atoms. The van der Waals surface area contributed by atoms with Gasteiger partial charge in [-0.3, -0.25) is 4.79 Å². The summed E-state index contributed by atoms with van der Waals surface area (Å²) in [5, 5.41) is 16.8. The van der Waals surface area contributed by atoms with Gasteiger partial charge < -0.3 is 19.7 Å². The van der Waals surface area contributed by atoms with Crippen LogP contribution in [0.5, 0.6) is 0 Å². The molecule has 0 aliphatic rings. The summed E-state index contributed by atoms with van der Waals surface area (Å²) in [6, 6.07) is 0. The minimum Gasteiger partial charge on any atom is -0.463 e. The van der Waals surface area contributed by atoms with Crippen molar-refractivity contribution in [3.05, 3.63) is 0 Å². The molecule has 0 aromatic carbocycles. The molecular weight excluding hydrogens is 188 g/mol. The molecular formula is C9H18O5. The Kier molecular flexibility index (Phi) is 8.51. The Hall–Kier alpha value is -0.650. The summed E-state index contributed by atoms with van der Waals surface area (Å²) in [6.07, 6.45) is 0.764. The van der Waals surface area contributed by atoms with Gasteiger partial charge in [0, 0.05) is 6.42 Å². The smallest absolute Gasteiger partial charge is 0.305 e. The van der Waals surface area contributed by atoms with Crippen molar-refractivity contribution >= 4 is 5.97 Å². The van der Waals surface area contributed by atoms with Crippen molar-refractivity contribution in [2.75, 3.05) is 26.4 Å². The van der Waals surface area contributed by atoms with Crippen LogP contribution in [0.3, 0.4) is 0 Å². The zero-order valence-corrected chi connectivity index (χ0v) is 8.44. The van der Waals surface area contributed by atoms with E-state index in [1.165, 1.54) is 0 Å². The Bertz CT molecular complexity index is 148. The molecule has 0 aromatic heterocycles. The largest absolute Gasteiger partial charge is 0.463 e. The monoisotopic (exact) mass is 206 g/mol. The molecule has 0 heterocycles. The zero-order chi connectivity index (χ0) is 10.8. The van der Waals surface area contributed by atoms with Crippen LogP contribution in [0, 0.1) is 0 Å². The van der Waals surface area contributed by atoms with Crippen LogP contribution < -0.4 is 0 Å². The third kappa shape index (κ3) is 7.97. The van der Waals surface area contributed by atoms with E-state index in [1.807, 2.05) is 6.92 Å². The van der Waals surface area contributed by atoms with Gasteiger partial charge in [0.05, 0.1) is 25.9 Å². The average Bonchev–Trinajstić information content (AvgIpc) is 2.20. The lowest BCUT2D eigenvalue weighted by molar-refractivity contribution is -0.145. The van der Waals surface area contributed by atoms with E-state index >= 15 is 0 Å². The van der Waals surface area contributed by atoms with Crippen molar-refractivity contribution in [3.8, 4) is 0 Å². The molecule has 0 saturated carbocycles. The molecule has 5 nitrogen and oxygen atoms in total. The normalized spacial score (nSPS) is 12.5. The van der Waals surface area contributed by atoms with Gasteiger partial charge >= 0.3 is 5.97 Å². The summed E-state index contributed by atoms with van der Waals surface area (Å²) in [5.41, 5.74) is 0. The highest BCUT2D eigenvalue weighted by molar-refractivity contribution is 5.69. The van der Waals surface area contributed by atoms with Crippen molar-refractivity contribution in [2.24, 2.45) is 0 Å². The van der Waals surface area contributed by atoms with Crippen LogP contribution in [-0.2, 0) is 14.3 Å². The van der Waals surface area contributed by atoms with Gasteiger partial charge in [-0.15, -0.1) is 0 Å². The number of carbonyl (C=O) groups is 1. The second-order valence-corrected chi connectivity index (χ2v) is 2.89. The van der Waals surface area contributed by atoms with E-state index in [4.69, 9.17) is 14.9 Å². The Balaban J connectivity index is 3.36. The van der Waals surface area contributed by atoms with E-state index in [0.29, 0.717) is 6.42 Å². The standard InChI is InChI=1S/C9H18O5/c1-8(13-6-4-10)2-3-9(12)14-7-5-11/h8,10-11H,2-7H2,1H3. The summed E-state index contributed by atoms with van der Waals surface area (Å²) in [5.74, 6) is -0.335. The van der Waals surface area contributed by atoms with Gasteiger partial charge in [-0.2, -0.15) is 0 Å². The number of aliphatic hydroxyl groups excluding tert-OH is 2. The molecule has 0 saturated heterocycles. The minimum atomic E-state index is -0.335. The van der Waals surface area contributed by atoms with Gasteiger partial charge in [-0.25, -0.2) is 0 Å².